The van der Waals surface area contributed by atoms with E-state index in [1.54, 1.807) is 32.1 Å². The molecule has 0 saturated heterocycles. The number of nitrogens with one attached hydrogen (secondary N) is 1. The minimum absolute atomic E-state index is 0.0736. The van der Waals surface area contributed by atoms with Crippen molar-refractivity contribution in [1.82, 2.24) is 10.2 Å². The first-order valence-electron chi connectivity index (χ1n) is 7.91. The Balaban J connectivity index is 2.62. The summed E-state index contributed by atoms with van der Waals surface area (Å²) in [6.45, 7) is 9.07. The average molecular weight is 360 g/mol. The largest absolute Gasteiger partial charge is 0.357 e. The minimum Gasteiger partial charge on any atom is -0.357 e. The Kier molecular flexibility index (Phi) is 7.54. The van der Waals surface area contributed by atoms with Gasteiger partial charge in [0, 0.05) is 25.0 Å². The molecule has 0 radical (unpaired) electrons. The van der Waals surface area contributed by atoms with Gasteiger partial charge in [0.15, 0.2) is 15.8 Å². The molecule has 0 aliphatic rings. The van der Waals surface area contributed by atoms with Crippen LogP contribution in [0, 0.1) is 0 Å². The molecule has 1 rings (SSSR count). The van der Waals surface area contributed by atoms with E-state index in [2.05, 4.69) is 27.8 Å². The summed E-state index contributed by atoms with van der Waals surface area (Å²) in [6.07, 6.45) is 0.957. The van der Waals surface area contributed by atoms with E-state index in [0.717, 1.165) is 25.5 Å². The summed E-state index contributed by atoms with van der Waals surface area (Å²) in [5.41, 5.74) is 0. The molecule has 23 heavy (non-hydrogen) atoms. The van der Waals surface area contributed by atoms with Crippen molar-refractivity contribution in [3.05, 3.63) is 22.4 Å². The Hall–Kier alpha value is -1.08. The Morgan fingerprint density at radius 3 is 2.61 bits per heavy atom. The maximum Gasteiger partial charge on any atom is 0.193 e. The van der Waals surface area contributed by atoms with Crippen LogP contribution in [0.2, 0.25) is 0 Å². The minimum atomic E-state index is -3.13. The van der Waals surface area contributed by atoms with Crippen LogP contribution in [-0.4, -0.2) is 56.5 Å². The van der Waals surface area contributed by atoms with E-state index in [0.29, 0.717) is 0 Å². The van der Waals surface area contributed by atoms with Gasteiger partial charge in [0.25, 0.3) is 0 Å². The van der Waals surface area contributed by atoms with Gasteiger partial charge in [-0.15, -0.1) is 11.3 Å². The molecule has 0 saturated carbocycles. The lowest BCUT2D eigenvalue weighted by Crippen LogP contribution is -2.40. The van der Waals surface area contributed by atoms with Crippen LogP contribution < -0.4 is 5.32 Å². The topological polar surface area (TPSA) is 61.8 Å². The molecular formula is C16H29N3O2S2. The number of rotatable bonds is 7. The quantitative estimate of drug-likeness (QED) is 0.600. The Morgan fingerprint density at radius 2 is 2.09 bits per heavy atom. The first kappa shape index (κ1) is 20.0. The van der Waals surface area contributed by atoms with E-state index in [1.807, 2.05) is 18.9 Å². The van der Waals surface area contributed by atoms with Crippen molar-refractivity contribution in [2.24, 2.45) is 4.99 Å². The third-order valence-corrected chi connectivity index (χ3v) is 7.05. The Morgan fingerprint density at radius 1 is 1.39 bits per heavy atom. The van der Waals surface area contributed by atoms with Crippen LogP contribution in [0.15, 0.2) is 22.5 Å². The molecule has 0 fully saturated rings. The fourth-order valence-electron chi connectivity index (χ4n) is 1.89. The van der Waals surface area contributed by atoms with Crippen LogP contribution in [-0.2, 0) is 16.3 Å². The van der Waals surface area contributed by atoms with Gasteiger partial charge in [-0.2, -0.15) is 0 Å². The molecule has 1 aromatic heterocycles. The molecule has 0 unspecified atom stereocenters. The molecule has 0 amide bonds. The third-order valence-electron chi connectivity index (χ3n) is 3.52. The van der Waals surface area contributed by atoms with Crippen molar-refractivity contribution in [1.29, 1.82) is 0 Å². The lowest BCUT2D eigenvalue weighted by Gasteiger charge is -2.22. The van der Waals surface area contributed by atoms with Crippen molar-refractivity contribution in [2.75, 3.05) is 32.4 Å². The highest BCUT2D eigenvalue weighted by atomic mass is 32.2. The lowest BCUT2D eigenvalue weighted by atomic mass is 10.3. The zero-order valence-corrected chi connectivity index (χ0v) is 16.4. The van der Waals surface area contributed by atoms with Gasteiger partial charge < -0.3 is 10.2 Å². The molecular weight excluding hydrogens is 330 g/mol. The molecule has 1 N–H and O–H groups in total. The summed E-state index contributed by atoms with van der Waals surface area (Å²) in [5, 5.41) is 5.30. The summed E-state index contributed by atoms with van der Waals surface area (Å²) >= 11 is 1.75. The van der Waals surface area contributed by atoms with Crippen LogP contribution in [0.25, 0.3) is 0 Å². The highest BCUT2D eigenvalue weighted by Gasteiger charge is 2.28. The van der Waals surface area contributed by atoms with Gasteiger partial charge in [-0.05, 0) is 45.6 Å². The standard InChI is InChI=1S/C16H29N3O2S2/c1-6-17-15(18-10-13-23(20,21)16(2,3)4)19(5)11-9-14-8-7-12-22-14/h7-8,12H,6,9-11,13H2,1-5H3,(H,17,18). The molecule has 1 aromatic rings. The van der Waals surface area contributed by atoms with Crippen LogP contribution in [0.1, 0.15) is 32.6 Å². The maximum absolute atomic E-state index is 12.1. The average Bonchev–Trinajstić information content (AvgIpc) is 2.95. The summed E-state index contributed by atoms with van der Waals surface area (Å²) in [6, 6.07) is 4.18. The summed E-state index contributed by atoms with van der Waals surface area (Å²) < 4.78 is 23.6. The smallest absolute Gasteiger partial charge is 0.193 e. The highest BCUT2D eigenvalue weighted by molar-refractivity contribution is 7.92. The van der Waals surface area contributed by atoms with Crippen molar-refractivity contribution in [2.45, 2.75) is 38.9 Å². The van der Waals surface area contributed by atoms with Crippen LogP contribution in [0.3, 0.4) is 0 Å². The van der Waals surface area contributed by atoms with Crippen LogP contribution in [0.4, 0.5) is 0 Å². The first-order chi connectivity index (χ1) is 10.7. The molecule has 0 aliphatic carbocycles. The van der Waals surface area contributed by atoms with Gasteiger partial charge in [0.1, 0.15) is 0 Å². The molecule has 0 aromatic carbocycles. The molecule has 5 nitrogen and oxygen atoms in total. The maximum atomic E-state index is 12.1. The number of hydrogen-bond acceptors (Lipinski definition) is 4. The Labute approximate surface area is 144 Å². The molecule has 1 heterocycles. The number of nitrogens with zero attached hydrogens (tertiary/aromatic N) is 2. The van der Waals surface area contributed by atoms with Crippen molar-refractivity contribution in [3.8, 4) is 0 Å². The summed E-state index contributed by atoms with van der Waals surface area (Å²) in [4.78, 5) is 7.85. The predicted molar refractivity (Wildman–Crippen MR) is 100 cm³/mol. The molecule has 0 aliphatic heterocycles. The van der Waals surface area contributed by atoms with E-state index in [-0.39, 0.29) is 12.3 Å². The van der Waals surface area contributed by atoms with Crippen LogP contribution in [0.5, 0.6) is 0 Å². The summed E-state index contributed by atoms with van der Waals surface area (Å²) in [5.74, 6) is 0.831. The van der Waals surface area contributed by atoms with Gasteiger partial charge >= 0.3 is 0 Å². The molecule has 132 valence electrons. The molecule has 0 spiro atoms. The zero-order valence-electron chi connectivity index (χ0n) is 14.8. The number of sulfone groups is 1. The summed E-state index contributed by atoms with van der Waals surface area (Å²) in [7, 11) is -1.15. The van der Waals surface area contributed by atoms with E-state index in [4.69, 9.17) is 0 Å². The third kappa shape index (κ3) is 6.51. The number of guanidine groups is 1. The van der Waals surface area contributed by atoms with Gasteiger partial charge in [-0.25, -0.2) is 8.42 Å². The second kappa shape index (κ2) is 8.68. The first-order valence-corrected chi connectivity index (χ1v) is 10.4. The molecule has 0 atom stereocenters. The molecule has 0 bridgehead atoms. The van der Waals surface area contributed by atoms with Crippen molar-refractivity contribution in [3.63, 3.8) is 0 Å². The van der Waals surface area contributed by atoms with Gasteiger partial charge in [-0.1, -0.05) is 6.07 Å². The van der Waals surface area contributed by atoms with Gasteiger partial charge in [-0.3, -0.25) is 4.99 Å². The second-order valence-electron chi connectivity index (χ2n) is 6.42. The van der Waals surface area contributed by atoms with E-state index < -0.39 is 14.6 Å². The van der Waals surface area contributed by atoms with Gasteiger partial charge in [0.2, 0.25) is 0 Å². The highest BCUT2D eigenvalue weighted by Crippen LogP contribution is 2.15. The van der Waals surface area contributed by atoms with Crippen LogP contribution >= 0.6 is 11.3 Å². The second-order valence-corrected chi connectivity index (χ2v) is 10.3. The number of aliphatic imine (C=N–C) groups is 1. The normalized spacial score (nSPS) is 13.2. The Bertz CT molecular complexity index is 587. The van der Waals surface area contributed by atoms with Crippen molar-refractivity contribution < 1.29 is 8.42 Å². The fraction of sp³-hybridized carbons (Fsp3) is 0.688. The fourth-order valence-corrected chi connectivity index (χ4v) is 3.53. The number of thiophene rings is 1. The zero-order chi connectivity index (χ0) is 17.5. The SMILES string of the molecule is CCNC(=NCCS(=O)(=O)C(C)(C)C)N(C)CCc1cccs1. The predicted octanol–water partition coefficient (Wildman–Crippen LogP) is 2.40. The van der Waals surface area contributed by atoms with E-state index in [9.17, 15) is 8.42 Å². The molecule has 7 heteroatoms. The lowest BCUT2D eigenvalue weighted by molar-refractivity contribution is 0.487. The van der Waals surface area contributed by atoms with Gasteiger partial charge in [0.05, 0.1) is 17.0 Å². The van der Waals surface area contributed by atoms with Crippen molar-refractivity contribution >= 4 is 27.1 Å². The number of hydrogen-bond donors (Lipinski definition) is 1. The number of likely N-dealkylation sites (N-methyl/N-ethyl adjacent to an activating group) is 1. The van der Waals surface area contributed by atoms with E-state index in [1.165, 1.54) is 4.88 Å². The monoisotopic (exact) mass is 359 g/mol. The van der Waals surface area contributed by atoms with E-state index >= 15 is 0 Å².